The predicted octanol–water partition coefficient (Wildman–Crippen LogP) is -0.268. The first-order valence-corrected chi connectivity index (χ1v) is 6.99. The molecule has 0 radical (unpaired) electrons. The van der Waals surface area contributed by atoms with E-state index in [1.807, 2.05) is 22.9 Å². The molecule has 2 aromatic heterocycles. The maximum Gasteiger partial charge on any atom is 0.278 e. The van der Waals surface area contributed by atoms with Crippen LogP contribution in [0.3, 0.4) is 0 Å². The third-order valence-corrected chi connectivity index (χ3v) is 4.00. The van der Waals surface area contributed by atoms with E-state index >= 15 is 0 Å². The molecule has 2 aromatic rings. The molecule has 0 saturated carbocycles. The zero-order chi connectivity index (χ0) is 12.1. The van der Waals surface area contributed by atoms with Crippen LogP contribution in [0.2, 0.25) is 0 Å². The van der Waals surface area contributed by atoms with E-state index in [0.29, 0.717) is 11.0 Å². The second kappa shape index (κ2) is 3.52. The number of sulfone groups is 1. The standard InChI is InChI=1S/C7H7IN4O3S/c1-11-6(13)4-3-9-7(16(2,14)15)10-5(4)12(11)8/h3H,1-2H3. The summed E-state index contributed by atoms with van der Waals surface area (Å²) in [6.45, 7) is 0. The summed E-state index contributed by atoms with van der Waals surface area (Å²) in [5, 5.41) is 0.0142. The third-order valence-electron chi connectivity index (χ3n) is 2.04. The van der Waals surface area contributed by atoms with Crippen LogP contribution >= 0.6 is 22.9 Å². The molecule has 0 aliphatic carbocycles. The van der Waals surface area contributed by atoms with Crippen molar-refractivity contribution in [2.24, 2.45) is 7.05 Å². The number of aromatic nitrogens is 4. The molecule has 0 unspecified atom stereocenters. The van der Waals surface area contributed by atoms with Gasteiger partial charge in [-0.2, -0.15) is 4.98 Å². The molecular formula is C7H7IN4O3S. The van der Waals surface area contributed by atoms with Crippen molar-refractivity contribution in [1.29, 1.82) is 0 Å². The number of hydrogen-bond acceptors (Lipinski definition) is 5. The van der Waals surface area contributed by atoms with Crippen LogP contribution in [0, 0.1) is 0 Å². The number of nitrogens with zero attached hydrogens (tertiary/aromatic N) is 4. The lowest BCUT2D eigenvalue weighted by Crippen LogP contribution is -2.14. The Hall–Kier alpha value is -0.970. The first-order valence-electron chi connectivity index (χ1n) is 4.13. The smallest absolute Gasteiger partial charge is 0.267 e. The molecule has 0 bridgehead atoms. The molecule has 9 heteroatoms. The van der Waals surface area contributed by atoms with Gasteiger partial charge in [-0.25, -0.2) is 21.0 Å². The molecule has 16 heavy (non-hydrogen) atoms. The molecule has 0 aliphatic heterocycles. The van der Waals surface area contributed by atoms with Gasteiger partial charge in [0.25, 0.3) is 5.56 Å². The monoisotopic (exact) mass is 354 g/mol. The van der Waals surface area contributed by atoms with Crippen LogP contribution in [-0.4, -0.2) is 32.2 Å². The molecule has 86 valence electrons. The van der Waals surface area contributed by atoms with E-state index in [2.05, 4.69) is 9.97 Å². The highest BCUT2D eigenvalue weighted by atomic mass is 127. The third kappa shape index (κ3) is 1.63. The average molecular weight is 354 g/mol. The summed E-state index contributed by atoms with van der Waals surface area (Å²) in [5.74, 6) is 0. The van der Waals surface area contributed by atoms with Crippen molar-refractivity contribution in [1.82, 2.24) is 17.5 Å². The second-order valence-corrected chi connectivity index (χ2v) is 6.07. The Labute approximate surface area is 105 Å². The Morgan fingerprint density at radius 3 is 2.62 bits per heavy atom. The molecule has 0 aromatic carbocycles. The highest BCUT2D eigenvalue weighted by Crippen LogP contribution is 2.12. The molecule has 0 fully saturated rings. The largest absolute Gasteiger partial charge is 0.278 e. The topological polar surface area (TPSA) is 86.8 Å². The van der Waals surface area contributed by atoms with Gasteiger partial charge in [-0.15, -0.1) is 0 Å². The minimum Gasteiger partial charge on any atom is -0.267 e. The zero-order valence-electron chi connectivity index (χ0n) is 8.38. The summed E-state index contributed by atoms with van der Waals surface area (Å²) < 4.78 is 25.3. The van der Waals surface area contributed by atoms with E-state index in [-0.39, 0.29) is 10.7 Å². The summed E-state index contributed by atoms with van der Waals surface area (Å²) in [6, 6.07) is 0. The van der Waals surface area contributed by atoms with Crippen molar-refractivity contribution in [2.45, 2.75) is 5.16 Å². The summed E-state index contributed by atoms with van der Waals surface area (Å²) in [6.07, 6.45) is 2.25. The SMILES string of the molecule is Cn1c(=O)c2cnc(S(C)(=O)=O)nc2n1I. The van der Waals surface area contributed by atoms with E-state index < -0.39 is 9.84 Å². The van der Waals surface area contributed by atoms with Crippen molar-refractivity contribution in [3.8, 4) is 0 Å². The van der Waals surface area contributed by atoms with Gasteiger partial charge >= 0.3 is 0 Å². The molecule has 0 aliphatic rings. The summed E-state index contributed by atoms with van der Waals surface area (Å²) >= 11 is 1.86. The van der Waals surface area contributed by atoms with Gasteiger partial charge in [0.15, 0.2) is 5.65 Å². The van der Waals surface area contributed by atoms with Crippen LogP contribution in [-0.2, 0) is 16.9 Å². The lowest BCUT2D eigenvalue weighted by molar-refractivity contribution is 0.593. The number of fused-ring (bicyclic) bond motifs is 1. The van der Waals surface area contributed by atoms with E-state index in [4.69, 9.17) is 0 Å². The van der Waals surface area contributed by atoms with Crippen LogP contribution in [0.5, 0.6) is 0 Å². The highest BCUT2D eigenvalue weighted by Gasteiger charge is 2.16. The summed E-state index contributed by atoms with van der Waals surface area (Å²) in [7, 11) is -1.90. The molecule has 0 amide bonds. The number of halogens is 1. The zero-order valence-corrected chi connectivity index (χ0v) is 11.4. The van der Waals surface area contributed by atoms with Crippen molar-refractivity contribution in [2.75, 3.05) is 6.26 Å². The van der Waals surface area contributed by atoms with E-state index in [0.717, 1.165) is 6.26 Å². The fourth-order valence-electron chi connectivity index (χ4n) is 1.22. The second-order valence-electron chi connectivity index (χ2n) is 3.25. The van der Waals surface area contributed by atoms with E-state index in [1.165, 1.54) is 13.8 Å². The van der Waals surface area contributed by atoms with Crippen molar-refractivity contribution < 1.29 is 8.42 Å². The Bertz CT molecular complexity index is 730. The molecular weight excluding hydrogens is 347 g/mol. The van der Waals surface area contributed by atoms with Gasteiger partial charge < -0.3 is 0 Å². The van der Waals surface area contributed by atoms with Crippen molar-refractivity contribution in [3.05, 3.63) is 16.6 Å². The molecule has 0 saturated heterocycles. The highest BCUT2D eigenvalue weighted by molar-refractivity contribution is 14.1. The van der Waals surface area contributed by atoms with Gasteiger partial charge in [0.2, 0.25) is 15.0 Å². The van der Waals surface area contributed by atoms with Crippen molar-refractivity contribution in [3.63, 3.8) is 0 Å². The Morgan fingerprint density at radius 2 is 2.06 bits per heavy atom. The first kappa shape index (κ1) is 11.5. The Kier molecular flexibility index (Phi) is 2.53. The van der Waals surface area contributed by atoms with Crippen LogP contribution in [0.4, 0.5) is 0 Å². The molecule has 2 heterocycles. The number of rotatable bonds is 1. The molecule has 0 spiro atoms. The summed E-state index contributed by atoms with van der Waals surface area (Å²) in [4.78, 5) is 19.1. The number of hydrogen-bond donors (Lipinski definition) is 0. The van der Waals surface area contributed by atoms with Crippen LogP contribution in [0.1, 0.15) is 0 Å². The minimum absolute atomic E-state index is 0.260. The molecule has 0 atom stereocenters. The lowest BCUT2D eigenvalue weighted by atomic mass is 10.4. The lowest BCUT2D eigenvalue weighted by Gasteiger charge is -1.97. The molecule has 2 rings (SSSR count). The van der Waals surface area contributed by atoms with Crippen molar-refractivity contribution >= 4 is 43.7 Å². The average Bonchev–Trinajstić information content (AvgIpc) is 2.43. The van der Waals surface area contributed by atoms with Gasteiger partial charge in [-0.1, -0.05) is 0 Å². The van der Waals surface area contributed by atoms with Gasteiger partial charge in [0.05, 0.1) is 22.9 Å². The normalized spacial score (nSPS) is 12.2. The quantitative estimate of drug-likeness (QED) is 0.520. The minimum atomic E-state index is -3.46. The molecule has 7 nitrogen and oxygen atoms in total. The first-order chi connectivity index (χ1) is 7.32. The Balaban J connectivity index is 2.93. The van der Waals surface area contributed by atoms with Crippen LogP contribution in [0.25, 0.3) is 11.0 Å². The van der Waals surface area contributed by atoms with Gasteiger partial charge in [-0.3, -0.25) is 4.79 Å². The summed E-state index contributed by atoms with van der Waals surface area (Å²) in [5.41, 5.74) is 0.0352. The van der Waals surface area contributed by atoms with Crippen LogP contribution in [0.15, 0.2) is 16.1 Å². The predicted molar refractivity (Wildman–Crippen MR) is 65.3 cm³/mol. The van der Waals surface area contributed by atoms with Crippen LogP contribution < -0.4 is 5.56 Å². The fourth-order valence-corrected chi connectivity index (χ4v) is 2.28. The maximum atomic E-state index is 11.6. The van der Waals surface area contributed by atoms with Gasteiger partial charge in [0, 0.05) is 19.5 Å². The van der Waals surface area contributed by atoms with Gasteiger partial charge in [-0.05, 0) is 0 Å². The fraction of sp³-hybridized carbons (Fsp3) is 0.286. The van der Waals surface area contributed by atoms with E-state index in [9.17, 15) is 13.2 Å². The van der Waals surface area contributed by atoms with Gasteiger partial charge in [0.1, 0.15) is 5.39 Å². The molecule has 0 N–H and O–H groups in total. The maximum absolute atomic E-state index is 11.6. The Morgan fingerprint density at radius 1 is 1.44 bits per heavy atom. The van der Waals surface area contributed by atoms with E-state index in [1.54, 1.807) is 7.05 Å².